The summed E-state index contributed by atoms with van der Waals surface area (Å²) in [5.74, 6) is 2.46. The van der Waals surface area contributed by atoms with E-state index in [9.17, 15) is 0 Å². The third-order valence-corrected chi connectivity index (χ3v) is 2.14. The van der Waals surface area contributed by atoms with Crippen molar-refractivity contribution in [3.63, 3.8) is 0 Å². The fourth-order valence-corrected chi connectivity index (χ4v) is 1.28. The Hall–Kier alpha value is 1.04. The molecule has 0 fully saturated rings. The normalized spacial score (nSPS) is 9.75. The summed E-state index contributed by atoms with van der Waals surface area (Å²) < 4.78 is 4.85. The van der Waals surface area contributed by atoms with Gasteiger partial charge in [0.1, 0.15) is 23.0 Å². The summed E-state index contributed by atoms with van der Waals surface area (Å²) in [7, 11) is 0. The van der Waals surface area contributed by atoms with Gasteiger partial charge in [-0.1, -0.05) is 6.92 Å². The van der Waals surface area contributed by atoms with Crippen LogP contribution in [0.4, 0.5) is 0 Å². The molecule has 3 heteroatoms. The molecule has 0 atom stereocenters. The van der Waals surface area contributed by atoms with Gasteiger partial charge in [0.2, 0.25) is 0 Å². The van der Waals surface area contributed by atoms with Crippen molar-refractivity contribution in [1.82, 2.24) is 0 Å². The molecular formula is C5H11IOS. The van der Waals surface area contributed by atoms with Crippen LogP contribution < -0.4 is 0 Å². The van der Waals surface area contributed by atoms with Gasteiger partial charge in [0, 0.05) is 0 Å². The van der Waals surface area contributed by atoms with Gasteiger partial charge >= 0.3 is 0 Å². The van der Waals surface area contributed by atoms with Crippen LogP contribution in [0.1, 0.15) is 13.3 Å². The van der Waals surface area contributed by atoms with Crippen molar-refractivity contribution >= 4 is 34.8 Å². The van der Waals surface area contributed by atoms with E-state index < -0.39 is 0 Å². The highest BCUT2D eigenvalue weighted by molar-refractivity contribution is 14.1. The van der Waals surface area contributed by atoms with Crippen LogP contribution in [0, 0.1) is 0 Å². The molecule has 0 amide bonds. The van der Waals surface area contributed by atoms with E-state index in [1.165, 1.54) is 17.9 Å². The standard InChI is InChI=1S/C5H11IOS/c1-2-8-5-3-4-7-6/h2-5H2,1H3. The highest BCUT2D eigenvalue weighted by Crippen LogP contribution is 2.01. The first-order valence-electron chi connectivity index (χ1n) is 2.73. The van der Waals surface area contributed by atoms with Crippen molar-refractivity contribution in [2.24, 2.45) is 0 Å². The zero-order valence-electron chi connectivity index (χ0n) is 5.02. The van der Waals surface area contributed by atoms with E-state index in [4.69, 9.17) is 3.07 Å². The minimum absolute atomic E-state index is 0.896. The van der Waals surface area contributed by atoms with Gasteiger partial charge < -0.3 is 3.07 Å². The molecular weight excluding hydrogens is 235 g/mol. The Bertz CT molecular complexity index is 37.4. The van der Waals surface area contributed by atoms with E-state index in [1.807, 2.05) is 34.8 Å². The monoisotopic (exact) mass is 246 g/mol. The molecule has 0 aliphatic heterocycles. The van der Waals surface area contributed by atoms with E-state index in [1.54, 1.807) is 0 Å². The van der Waals surface area contributed by atoms with Crippen LogP contribution in [0.15, 0.2) is 0 Å². The SMILES string of the molecule is CCSCCCOI. The first-order valence-corrected chi connectivity index (χ1v) is 4.76. The van der Waals surface area contributed by atoms with Crippen LogP contribution >= 0.6 is 34.8 Å². The number of halogens is 1. The molecule has 0 aromatic rings. The van der Waals surface area contributed by atoms with Crippen molar-refractivity contribution in [2.75, 3.05) is 18.1 Å². The van der Waals surface area contributed by atoms with Crippen molar-refractivity contribution in [2.45, 2.75) is 13.3 Å². The molecule has 0 unspecified atom stereocenters. The Morgan fingerprint density at radius 2 is 2.38 bits per heavy atom. The van der Waals surface area contributed by atoms with Gasteiger partial charge in [-0.15, -0.1) is 0 Å². The van der Waals surface area contributed by atoms with Crippen molar-refractivity contribution in [3.05, 3.63) is 0 Å². The quantitative estimate of drug-likeness (QED) is 0.544. The molecule has 0 N–H and O–H groups in total. The molecule has 50 valence electrons. The van der Waals surface area contributed by atoms with Gasteiger partial charge in [-0.2, -0.15) is 11.8 Å². The second-order valence-corrected chi connectivity index (χ2v) is 3.38. The molecule has 0 heterocycles. The summed E-state index contributed by atoms with van der Waals surface area (Å²) in [6.07, 6.45) is 1.18. The minimum Gasteiger partial charge on any atom is -0.316 e. The predicted octanol–water partition coefficient (Wildman–Crippen LogP) is 2.50. The molecule has 0 spiro atoms. The zero-order chi connectivity index (χ0) is 6.24. The Kier molecular flexibility index (Phi) is 9.09. The topological polar surface area (TPSA) is 9.23 Å². The molecule has 0 aliphatic rings. The van der Waals surface area contributed by atoms with Gasteiger partial charge in [-0.25, -0.2) is 0 Å². The average Bonchev–Trinajstić information content (AvgIpc) is 1.81. The fraction of sp³-hybridized carbons (Fsp3) is 1.00. The predicted molar refractivity (Wildman–Crippen MR) is 47.6 cm³/mol. The third kappa shape index (κ3) is 7.04. The maximum atomic E-state index is 4.85. The highest BCUT2D eigenvalue weighted by atomic mass is 127. The van der Waals surface area contributed by atoms with E-state index >= 15 is 0 Å². The summed E-state index contributed by atoms with van der Waals surface area (Å²) in [5, 5.41) is 0. The Morgan fingerprint density at radius 3 is 2.88 bits per heavy atom. The first kappa shape index (κ1) is 9.04. The van der Waals surface area contributed by atoms with Crippen LogP contribution in [0.5, 0.6) is 0 Å². The molecule has 1 nitrogen and oxygen atoms in total. The second-order valence-electron chi connectivity index (χ2n) is 1.36. The lowest BCUT2D eigenvalue weighted by atomic mass is 10.5. The van der Waals surface area contributed by atoms with E-state index in [2.05, 4.69) is 6.92 Å². The van der Waals surface area contributed by atoms with Gasteiger partial charge in [0.25, 0.3) is 0 Å². The highest BCUT2D eigenvalue weighted by Gasteiger charge is 1.84. The molecule has 0 aromatic carbocycles. The number of hydrogen-bond acceptors (Lipinski definition) is 2. The number of thioether (sulfide) groups is 1. The molecule has 0 rings (SSSR count). The smallest absolute Gasteiger partial charge is 0.109 e. The fourth-order valence-electron chi connectivity index (χ4n) is 0.360. The van der Waals surface area contributed by atoms with Crippen LogP contribution in [0.2, 0.25) is 0 Å². The maximum Gasteiger partial charge on any atom is 0.109 e. The minimum atomic E-state index is 0.896. The van der Waals surface area contributed by atoms with E-state index in [-0.39, 0.29) is 0 Å². The van der Waals surface area contributed by atoms with Crippen molar-refractivity contribution < 1.29 is 3.07 Å². The number of rotatable bonds is 5. The van der Waals surface area contributed by atoms with Crippen molar-refractivity contribution in [3.8, 4) is 0 Å². The summed E-state index contributed by atoms with van der Waals surface area (Å²) in [6, 6.07) is 0. The van der Waals surface area contributed by atoms with Crippen LogP contribution in [0.3, 0.4) is 0 Å². The molecule has 8 heavy (non-hydrogen) atoms. The molecule has 0 aromatic heterocycles. The van der Waals surface area contributed by atoms with Crippen LogP contribution in [0.25, 0.3) is 0 Å². The Labute approximate surface area is 69.2 Å². The molecule has 0 saturated heterocycles. The molecule has 0 bridgehead atoms. The lowest BCUT2D eigenvalue weighted by Gasteiger charge is -1.93. The number of hydrogen-bond donors (Lipinski definition) is 0. The third-order valence-electron chi connectivity index (χ3n) is 0.714. The van der Waals surface area contributed by atoms with Gasteiger partial charge in [-0.3, -0.25) is 0 Å². The lowest BCUT2D eigenvalue weighted by molar-refractivity contribution is 0.427. The Balaban J connectivity index is 2.53. The van der Waals surface area contributed by atoms with E-state index in [0.29, 0.717) is 0 Å². The zero-order valence-corrected chi connectivity index (χ0v) is 8.00. The summed E-state index contributed by atoms with van der Waals surface area (Å²) in [5.41, 5.74) is 0. The summed E-state index contributed by atoms with van der Waals surface area (Å²) in [4.78, 5) is 0. The second kappa shape index (κ2) is 8.04. The van der Waals surface area contributed by atoms with Gasteiger partial charge in [-0.05, 0) is 17.9 Å². The molecule has 0 radical (unpaired) electrons. The lowest BCUT2D eigenvalue weighted by Crippen LogP contribution is -1.86. The first-order chi connectivity index (χ1) is 3.91. The Morgan fingerprint density at radius 1 is 1.62 bits per heavy atom. The van der Waals surface area contributed by atoms with Gasteiger partial charge in [0.05, 0.1) is 6.61 Å². The van der Waals surface area contributed by atoms with Gasteiger partial charge in [0.15, 0.2) is 0 Å². The average molecular weight is 246 g/mol. The molecule has 0 saturated carbocycles. The van der Waals surface area contributed by atoms with Crippen LogP contribution in [-0.4, -0.2) is 18.1 Å². The summed E-state index contributed by atoms with van der Waals surface area (Å²) >= 11 is 3.89. The molecule has 0 aliphatic carbocycles. The van der Waals surface area contributed by atoms with E-state index in [0.717, 1.165) is 6.61 Å². The maximum absolute atomic E-state index is 4.85. The summed E-state index contributed by atoms with van der Waals surface area (Å²) in [6.45, 7) is 3.07. The van der Waals surface area contributed by atoms with Crippen molar-refractivity contribution in [1.29, 1.82) is 0 Å². The largest absolute Gasteiger partial charge is 0.316 e. The van der Waals surface area contributed by atoms with Crippen LogP contribution in [-0.2, 0) is 3.07 Å².